The SMILES string of the molecule is CC1(C)CCN(C(=O)NCCO)CC1. The molecule has 1 aliphatic rings. The molecule has 0 atom stereocenters. The highest BCUT2D eigenvalue weighted by atomic mass is 16.3. The van der Waals surface area contributed by atoms with Crippen LogP contribution in [0.1, 0.15) is 26.7 Å². The third-order valence-electron chi connectivity index (χ3n) is 2.79. The summed E-state index contributed by atoms with van der Waals surface area (Å²) in [4.78, 5) is 13.3. The lowest BCUT2D eigenvalue weighted by atomic mass is 9.83. The minimum atomic E-state index is -0.0467. The van der Waals surface area contributed by atoms with E-state index < -0.39 is 0 Å². The average Bonchev–Trinajstić information content (AvgIpc) is 2.14. The van der Waals surface area contributed by atoms with Crippen molar-refractivity contribution in [2.24, 2.45) is 5.41 Å². The van der Waals surface area contributed by atoms with Crippen molar-refractivity contribution in [1.82, 2.24) is 10.2 Å². The van der Waals surface area contributed by atoms with Crippen molar-refractivity contribution >= 4 is 6.03 Å². The predicted octanol–water partition coefficient (Wildman–Crippen LogP) is 0.810. The zero-order valence-electron chi connectivity index (χ0n) is 9.05. The Labute approximate surface area is 85.3 Å². The lowest BCUT2D eigenvalue weighted by Crippen LogP contribution is -2.46. The van der Waals surface area contributed by atoms with Crippen LogP contribution in [0.3, 0.4) is 0 Å². The van der Waals surface area contributed by atoms with Crippen molar-refractivity contribution in [2.75, 3.05) is 26.2 Å². The van der Waals surface area contributed by atoms with Crippen molar-refractivity contribution in [3.05, 3.63) is 0 Å². The highest BCUT2D eigenvalue weighted by Gasteiger charge is 2.27. The summed E-state index contributed by atoms with van der Waals surface area (Å²) in [6, 6.07) is -0.0467. The van der Waals surface area contributed by atoms with Gasteiger partial charge in [0.1, 0.15) is 0 Å². The lowest BCUT2D eigenvalue weighted by molar-refractivity contribution is 0.138. The van der Waals surface area contributed by atoms with Crippen LogP contribution < -0.4 is 5.32 Å². The molecule has 1 saturated heterocycles. The molecule has 1 aliphatic heterocycles. The van der Waals surface area contributed by atoms with Crippen molar-refractivity contribution in [2.45, 2.75) is 26.7 Å². The van der Waals surface area contributed by atoms with E-state index in [4.69, 9.17) is 5.11 Å². The number of nitrogens with zero attached hydrogens (tertiary/aromatic N) is 1. The van der Waals surface area contributed by atoms with Crippen LogP contribution in [0.4, 0.5) is 4.79 Å². The van der Waals surface area contributed by atoms with E-state index in [1.54, 1.807) is 0 Å². The number of nitrogens with one attached hydrogen (secondary N) is 1. The highest BCUT2D eigenvalue weighted by Crippen LogP contribution is 2.29. The first-order valence-electron chi connectivity index (χ1n) is 5.19. The fourth-order valence-corrected chi connectivity index (χ4v) is 1.59. The van der Waals surface area contributed by atoms with Crippen LogP contribution in [0, 0.1) is 5.41 Å². The number of carbonyl (C=O) groups excluding carboxylic acids is 1. The first-order valence-corrected chi connectivity index (χ1v) is 5.19. The topological polar surface area (TPSA) is 52.6 Å². The van der Waals surface area contributed by atoms with E-state index in [0.717, 1.165) is 25.9 Å². The summed E-state index contributed by atoms with van der Waals surface area (Å²) in [5.74, 6) is 0. The number of carbonyl (C=O) groups is 1. The molecule has 0 bridgehead atoms. The molecule has 0 aromatic carbocycles. The second-order valence-corrected chi connectivity index (χ2v) is 4.61. The van der Waals surface area contributed by atoms with Gasteiger partial charge < -0.3 is 15.3 Å². The van der Waals surface area contributed by atoms with E-state index in [0.29, 0.717) is 12.0 Å². The molecule has 0 saturated carbocycles. The molecular weight excluding hydrogens is 180 g/mol. The molecule has 0 aromatic rings. The molecule has 82 valence electrons. The highest BCUT2D eigenvalue weighted by molar-refractivity contribution is 5.74. The maximum atomic E-state index is 11.5. The van der Waals surface area contributed by atoms with E-state index in [1.165, 1.54) is 0 Å². The number of rotatable bonds is 2. The predicted molar refractivity (Wildman–Crippen MR) is 55.1 cm³/mol. The van der Waals surface area contributed by atoms with Crippen LogP contribution >= 0.6 is 0 Å². The van der Waals surface area contributed by atoms with Crippen LogP contribution in [0.15, 0.2) is 0 Å². The number of hydrogen-bond acceptors (Lipinski definition) is 2. The van der Waals surface area contributed by atoms with Crippen molar-refractivity contribution in [3.63, 3.8) is 0 Å². The fourth-order valence-electron chi connectivity index (χ4n) is 1.59. The zero-order valence-corrected chi connectivity index (χ0v) is 9.05. The summed E-state index contributed by atoms with van der Waals surface area (Å²) in [7, 11) is 0. The Morgan fingerprint density at radius 3 is 2.50 bits per heavy atom. The molecular formula is C10H20N2O2. The Hall–Kier alpha value is -0.770. The van der Waals surface area contributed by atoms with Crippen LogP contribution in [0.25, 0.3) is 0 Å². The van der Waals surface area contributed by atoms with Crippen LogP contribution in [0.5, 0.6) is 0 Å². The van der Waals surface area contributed by atoms with E-state index in [-0.39, 0.29) is 12.6 Å². The Balaban J connectivity index is 2.30. The van der Waals surface area contributed by atoms with Gasteiger partial charge in [-0.3, -0.25) is 0 Å². The van der Waals surface area contributed by atoms with Gasteiger partial charge in [0, 0.05) is 19.6 Å². The zero-order chi connectivity index (χ0) is 10.6. The summed E-state index contributed by atoms with van der Waals surface area (Å²) >= 11 is 0. The second kappa shape index (κ2) is 4.64. The van der Waals surface area contributed by atoms with Crippen molar-refractivity contribution in [1.29, 1.82) is 0 Å². The summed E-state index contributed by atoms with van der Waals surface area (Å²) in [5, 5.41) is 11.2. The molecule has 2 amide bonds. The van der Waals surface area contributed by atoms with Gasteiger partial charge in [-0.05, 0) is 18.3 Å². The second-order valence-electron chi connectivity index (χ2n) is 4.61. The van der Waals surface area contributed by atoms with Crippen LogP contribution in [-0.4, -0.2) is 42.3 Å². The standard InChI is InChI=1S/C10H20N2O2/c1-10(2)3-6-12(7-4-10)9(14)11-5-8-13/h13H,3-8H2,1-2H3,(H,11,14). The molecule has 0 radical (unpaired) electrons. The molecule has 0 aromatic heterocycles. The Kier molecular flexibility index (Phi) is 3.75. The van der Waals surface area contributed by atoms with Gasteiger partial charge in [0.05, 0.1) is 6.61 Å². The molecule has 1 rings (SSSR count). The molecule has 0 unspecified atom stereocenters. The number of likely N-dealkylation sites (tertiary alicyclic amines) is 1. The molecule has 2 N–H and O–H groups in total. The van der Waals surface area contributed by atoms with E-state index in [2.05, 4.69) is 19.2 Å². The fraction of sp³-hybridized carbons (Fsp3) is 0.900. The number of aliphatic hydroxyl groups is 1. The lowest BCUT2D eigenvalue weighted by Gasteiger charge is -2.36. The first kappa shape index (κ1) is 11.3. The van der Waals surface area contributed by atoms with Crippen LogP contribution in [0.2, 0.25) is 0 Å². The summed E-state index contributed by atoms with van der Waals surface area (Å²) < 4.78 is 0. The summed E-state index contributed by atoms with van der Waals surface area (Å²) in [5.41, 5.74) is 0.369. The van der Waals surface area contributed by atoms with Gasteiger partial charge in [-0.15, -0.1) is 0 Å². The Morgan fingerprint density at radius 1 is 1.43 bits per heavy atom. The normalized spacial score (nSPS) is 20.6. The van der Waals surface area contributed by atoms with Crippen molar-refractivity contribution < 1.29 is 9.90 Å². The molecule has 14 heavy (non-hydrogen) atoms. The van der Waals surface area contributed by atoms with E-state index in [1.807, 2.05) is 4.90 Å². The maximum absolute atomic E-state index is 11.5. The minimum Gasteiger partial charge on any atom is -0.395 e. The Bertz CT molecular complexity index is 194. The molecule has 0 aliphatic carbocycles. The summed E-state index contributed by atoms with van der Waals surface area (Å²) in [6.45, 7) is 6.46. The number of hydrogen-bond donors (Lipinski definition) is 2. The van der Waals surface area contributed by atoms with Gasteiger partial charge in [-0.25, -0.2) is 4.79 Å². The van der Waals surface area contributed by atoms with E-state index in [9.17, 15) is 4.79 Å². The van der Waals surface area contributed by atoms with Gasteiger partial charge in [0.2, 0.25) is 0 Å². The van der Waals surface area contributed by atoms with Crippen molar-refractivity contribution in [3.8, 4) is 0 Å². The van der Waals surface area contributed by atoms with Gasteiger partial charge >= 0.3 is 6.03 Å². The maximum Gasteiger partial charge on any atom is 0.317 e. The Morgan fingerprint density at radius 2 is 2.00 bits per heavy atom. The molecule has 4 nitrogen and oxygen atoms in total. The average molecular weight is 200 g/mol. The monoisotopic (exact) mass is 200 g/mol. The third-order valence-corrected chi connectivity index (χ3v) is 2.79. The van der Waals surface area contributed by atoms with Gasteiger partial charge in [-0.2, -0.15) is 0 Å². The van der Waals surface area contributed by atoms with Gasteiger partial charge in [0.15, 0.2) is 0 Å². The number of amides is 2. The number of urea groups is 1. The smallest absolute Gasteiger partial charge is 0.317 e. The minimum absolute atomic E-state index is 0.00503. The molecule has 1 fully saturated rings. The molecule has 0 spiro atoms. The van der Waals surface area contributed by atoms with E-state index >= 15 is 0 Å². The third kappa shape index (κ3) is 3.18. The number of aliphatic hydroxyl groups excluding tert-OH is 1. The van der Waals surface area contributed by atoms with Gasteiger partial charge in [0.25, 0.3) is 0 Å². The van der Waals surface area contributed by atoms with Gasteiger partial charge in [-0.1, -0.05) is 13.8 Å². The first-order chi connectivity index (χ1) is 6.55. The largest absolute Gasteiger partial charge is 0.395 e. The molecule has 4 heteroatoms. The quantitative estimate of drug-likeness (QED) is 0.693. The summed E-state index contributed by atoms with van der Waals surface area (Å²) in [6.07, 6.45) is 2.11. The molecule has 1 heterocycles. The van der Waals surface area contributed by atoms with Crippen LogP contribution in [-0.2, 0) is 0 Å². The number of piperidine rings is 1.